The molecule has 0 unspecified atom stereocenters. The van der Waals surface area contributed by atoms with Crippen molar-refractivity contribution in [1.29, 1.82) is 0 Å². The van der Waals surface area contributed by atoms with Gasteiger partial charge in [0.2, 0.25) is 5.91 Å². The molecule has 1 aliphatic heterocycles. The Morgan fingerprint density at radius 2 is 2.04 bits per heavy atom. The summed E-state index contributed by atoms with van der Waals surface area (Å²) in [4.78, 5) is 35.7. The Bertz CT molecular complexity index is 749. The number of nitrogens with zero attached hydrogens (tertiary/aromatic N) is 3. The zero-order chi connectivity index (χ0) is 18.0. The molecule has 1 N–H and O–H groups in total. The highest BCUT2D eigenvalue weighted by molar-refractivity contribution is 7.13. The van der Waals surface area contributed by atoms with Crippen molar-refractivity contribution in [2.45, 2.75) is 39.7 Å². The summed E-state index contributed by atoms with van der Waals surface area (Å²) in [6, 6.07) is -0.0675. The van der Waals surface area contributed by atoms with Gasteiger partial charge in [-0.25, -0.2) is 9.97 Å². The molecule has 2 aromatic heterocycles. The van der Waals surface area contributed by atoms with Gasteiger partial charge in [-0.05, 0) is 32.6 Å². The zero-order valence-corrected chi connectivity index (χ0v) is 16.2. The van der Waals surface area contributed by atoms with Gasteiger partial charge < -0.3 is 10.2 Å². The summed E-state index contributed by atoms with van der Waals surface area (Å²) in [6.07, 6.45) is 3.47. The summed E-state index contributed by atoms with van der Waals surface area (Å²) in [5.74, 6) is 0.324. The maximum absolute atomic E-state index is 12.7. The second-order valence-electron chi connectivity index (χ2n) is 6.33. The molecule has 25 heavy (non-hydrogen) atoms. The van der Waals surface area contributed by atoms with E-state index in [1.165, 1.54) is 18.3 Å². The molecule has 0 aliphatic carbocycles. The number of hydrogen-bond donors (Lipinski definition) is 1. The average Bonchev–Trinajstić information content (AvgIpc) is 3.21. The normalized spacial score (nSPS) is 16.7. The molecule has 1 aliphatic rings. The Labute approximate surface area is 155 Å². The fourth-order valence-corrected chi connectivity index (χ4v) is 4.97. The van der Waals surface area contributed by atoms with Crippen LogP contribution in [0.1, 0.15) is 51.2 Å². The Balaban J connectivity index is 1.67. The van der Waals surface area contributed by atoms with E-state index in [0.717, 1.165) is 33.4 Å². The van der Waals surface area contributed by atoms with Gasteiger partial charge >= 0.3 is 0 Å². The summed E-state index contributed by atoms with van der Waals surface area (Å²) >= 11 is 3.02. The average molecular weight is 379 g/mol. The van der Waals surface area contributed by atoms with E-state index in [9.17, 15) is 9.59 Å². The minimum atomic E-state index is -0.0675. The van der Waals surface area contributed by atoms with Crippen LogP contribution >= 0.6 is 22.7 Å². The van der Waals surface area contributed by atoms with Crippen LogP contribution < -0.4 is 5.32 Å². The number of aromatic nitrogens is 2. The van der Waals surface area contributed by atoms with E-state index in [-0.39, 0.29) is 17.9 Å². The molecular formula is C17H22N4O2S2. The van der Waals surface area contributed by atoms with Gasteiger partial charge in [-0.2, -0.15) is 0 Å². The molecule has 134 valence electrons. The van der Waals surface area contributed by atoms with Gasteiger partial charge in [-0.3, -0.25) is 9.59 Å². The van der Waals surface area contributed by atoms with Crippen molar-refractivity contribution in [1.82, 2.24) is 20.2 Å². The molecule has 0 bridgehead atoms. The van der Waals surface area contributed by atoms with Gasteiger partial charge in [0.25, 0.3) is 5.91 Å². The van der Waals surface area contributed by atoms with Gasteiger partial charge in [-0.1, -0.05) is 0 Å². The molecule has 3 heterocycles. The number of aryl methyl sites for hydroxylation is 2. The predicted molar refractivity (Wildman–Crippen MR) is 98.9 cm³/mol. The molecule has 0 radical (unpaired) electrons. The van der Waals surface area contributed by atoms with Crippen molar-refractivity contribution < 1.29 is 9.59 Å². The number of nitrogens with one attached hydrogen (secondary N) is 1. The lowest BCUT2D eigenvalue weighted by molar-refractivity contribution is -0.120. The number of hydrogen-bond acceptors (Lipinski definition) is 6. The summed E-state index contributed by atoms with van der Waals surface area (Å²) in [5.41, 5.74) is 0.813. The first-order valence-corrected chi connectivity index (χ1v) is 10.0. The highest BCUT2D eigenvalue weighted by Crippen LogP contribution is 2.33. The smallest absolute Gasteiger partial charge is 0.265 e. The lowest BCUT2D eigenvalue weighted by Crippen LogP contribution is -2.42. The Morgan fingerprint density at radius 3 is 2.56 bits per heavy atom. The third-order valence-corrected chi connectivity index (χ3v) is 6.39. The quantitative estimate of drug-likeness (QED) is 0.887. The largest absolute Gasteiger partial charge is 0.347 e. The van der Waals surface area contributed by atoms with Crippen LogP contribution in [0.5, 0.6) is 0 Å². The first-order chi connectivity index (χ1) is 12.0. The van der Waals surface area contributed by atoms with Crippen LogP contribution in [0.3, 0.4) is 0 Å². The molecule has 1 saturated heterocycles. The topological polar surface area (TPSA) is 75.2 Å². The number of carbonyl (C=O) groups is 2. The number of piperidine rings is 1. The van der Waals surface area contributed by atoms with Crippen LogP contribution in [-0.4, -0.2) is 39.8 Å². The van der Waals surface area contributed by atoms with Gasteiger partial charge in [0.05, 0.1) is 16.7 Å². The molecule has 3 rings (SSSR count). The van der Waals surface area contributed by atoms with Crippen molar-refractivity contribution in [3.05, 3.63) is 32.2 Å². The monoisotopic (exact) mass is 378 g/mol. The first-order valence-electron chi connectivity index (χ1n) is 8.35. The molecule has 2 aromatic rings. The Morgan fingerprint density at radius 1 is 1.32 bits per heavy atom. The molecule has 0 aromatic carbocycles. The lowest BCUT2D eigenvalue weighted by atomic mass is 9.89. The van der Waals surface area contributed by atoms with E-state index >= 15 is 0 Å². The van der Waals surface area contributed by atoms with Crippen LogP contribution in [0.2, 0.25) is 0 Å². The summed E-state index contributed by atoms with van der Waals surface area (Å²) < 4.78 is 0. The van der Waals surface area contributed by atoms with Crippen molar-refractivity contribution in [2.75, 3.05) is 13.1 Å². The molecule has 2 amide bonds. The highest BCUT2D eigenvalue weighted by atomic mass is 32.1. The summed E-state index contributed by atoms with van der Waals surface area (Å²) in [5, 5.41) is 6.83. The highest BCUT2D eigenvalue weighted by Gasteiger charge is 2.32. The standard InChI is InChI=1S/C17H22N4O2S2/c1-10-15(25-12(3)19-10)17(23)21-7-4-13(5-8-21)14(20-11(2)22)16-18-6-9-24-16/h6,9,13-14H,4-5,7-8H2,1-3H3,(H,20,22)/t14-/m0/s1. The molecule has 1 atom stereocenters. The minimum absolute atomic E-state index is 0.0468. The van der Waals surface area contributed by atoms with E-state index in [1.807, 2.05) is 24.1 Å². The van der Waals surface area contributed by atoms with Crippen molar-refractivity contribution >= 4 is 34.5 Å². The van der Waals surface area contributed by atoms with Gasteiger partial charge in [-0.15, -0.1) is 22.7 Å². The SMILES string of the molecule is CC(=O)N[C@H](c1nccs1)C1CCN(C(=O)c2sc(C)nc2C)CC1. The maximum atomic E-state index is 12.7. The number of rotatable bonds is 4. The van der Waals surface area contributed by atoms with Crippen LogP contribution in [0.4, 0.5) is 0 Å². The lowest BCUT2D eigenvalue weighted by Gasteiger charge is -2.35. The molecule has 0 saturated carbocycles. The van der Waals surface area contributed by atoms with Crippen LogP contribution in [-0.2, 0) is 4.79 Å². The second kappa shape index (κ2) is 7.61. The zero-order valence-electron chi connectivity index (χ0n) is 14.6. The van der Waals surface area contributed by atoms with E-state index in [0.29, 0.717) is 19.0 Å². The van der Waals surface area contributed by atoms with E-state index in [1.54, 1.807) is 17.5 Å². The summed E-state index contributed by atoms with van der Waals surface area (Å²) in [7, 11) is 0. The number of amides is 2. The van der Waals surface area contributed by atoms with E-state index in [4.69, 9.17) is 0 Å². The van der Waals surface area contributed by atoms with Gasteiger partial charge in [0.1, 0.15) is 9.88 Å². The Hall–Kier alpha value is -1.80. The fourth-order valence-electron chi connectivity index (χ4n) is 3.30. The second-order valence-corrected chi connectivity index (χ2v) is 8.45. The number of carbonyl (C=O) groups excluding carboxylic acids is 2. The van der Waals surface area contributed by atoms with Crippen LogP contribution in [0, 0.1) is 19.8 Å². The maximum Gasteiger partial charge on any atom is 0.265 e. The summed E-state index contributed by atoms with van der Waals surface area (Å²) in [6.45, 7) is 6.74. The van der Waals surface area contributed by atoms with Gasteiger partial charge in [0, 0.05) is 31.6 Å². The van der Waals surface area contributed by atoms with E-state index in [2.05, 4.69) is 15.3 Å². The molecule has 1 fully saturated rings. The van der Waals surface area contributed by atoms with Gasteiger partial charge in [0.15, 0.2) is 0 Å². The predicted octanol–water partition coefficient (Wildman–Crippen LogP) is 2.95. The third kappa shape index (κ3) is 4.07. The number of likely N-dealkylation sites (tertiary alicyclic amines) is 1. The van der Waals surface area contributed by atoms with Crippen molar-refractivity contribution in [3.8, 4) is 0 Å². The first kappa shape index (κ1) is 18.0. The third-order valence-electron chi connectivity index (χ3n) is 4.47. The minimum Gasteiger partial charge on any atom is -0.347 e. The Kier molecular flexibility index (Phi) is 5.48. The van der Waals surface area contributed by atoms with E-state index < -0.39 is 0 Å². The number of thiazole rings is 2. The fraction of sp³-hybridized carbons (Fsp3) is 0.529. The van der Waals surface area contributed by atoms with Crippen molar-refractivity contribution in [2.24, 2.45) is 5.92 Å². The molecular weight excluding hydrogens is 356 g/mol. The molecule has 0 spiro atoms. The van der Waals surface area contributed by atoms with Crippen LogP contribution in [0.25, 0.3) is 0 Å². The van der Waals surface area contributed by atoms with Crippen LogP contribution in [0.15, 0.2) is 11.6 Å². The van der Waals surface area contributed by atoms with Crippen molar-refractivity contribution in [3.63, 3.8) is 0 Å². The molecule has 8 heteroatoms. The molecule has 6 nitrogen and oxygen atoms in total.